The Morgan fingerprint density at radius 2 is 2.00 bits per heavy atom. The molecule has 0 aliphatic heterocycles. The van der Waals surface area contributed by atoms with E-state index in [0.29, 0.717) is 0 Å². The SMILES string of the molecule is O=C(Nc1ccc(C(F)(F)F)cc1Cl)c1ccoc1Br. The van der Waals surface area contributed by atoms with E-state index in [0.717, 1.165) is 18.2 Å². The second-order valence-electron chi connectivity index (χ2n) is 3.75. The monoisotopic (exact) mass is 367 g/mol. The molecule has 1 amide bonds. The van der Waals surface area contributed by atoms with Gasteiger partial charge >= 0.3 is 6.18 Å². The highest BCUT2D eigenvalue weighted by Crippen LogP contribution is 2.34. The molecule has 0 fully saturated rings. The molecule has 20 heavy (non-hydrogen) atoms. The molecule has 0 atom stereocenters. The average molecular weight is 369 g/mol. The number of rotatable bonds is 2. The van der Waals surface area contributed by atoms with Crippen molar-refractivity contribution in [1.29, 1.82) is 0 Å². The number of halogens is 5. The Morgan fingerprint density at radius 3 is 2.50 bits per heavy atom. The number of carbonyl (C=O) groups excluding carboxylic acids is 1. The molecule has 2 aromatic rings. The molecule has 0 aliphatic rings. The zero-order chi connectivity index (χ0) is 14.9. The molecule has 0 saturated carbocycles. The molecular formula is C12H6BrClF3NO2. The number of alkyl halides is 3. The van der Waals surface area contributed by atoms with Crippen LogP contribution in [-0.4, -0.2) is 5.91 Å². The lowest BCUT2D eigenvalue weighted by molar-refractivity contribution is -0.137. The van der Waals surface area contributed by atoms with Crippen molar-refractivity contribution in [2.75, 3.05) is 5.32 Å². The van der Waals surface area contributed by atoms with E-state index >= 15 is 0 Å². The van der Waals surface area contributed by atoms with Crippen LogP contribution in [0.1, 0.15) is 15.9 Å². The summed E-state index contributed by atoms with van der Waals surface area (Å²) in [7, 11) is 0. The highest BCUT2D eigenvalue weighted by molar-refractivity contribution is 9.10. The van der Waals surface area contributed by atoms with Crippen LogP contribution in [0, 0.1) is 0 Å². The molecule has 0 bridgehead atoms. The van der Waals surface area contributed by atoms with Crippen LogP contribution >= 0.6 is 27.5 Å². The van der Waals surface area contributed by atoms with Gasteiger partial charge in [0.2, 0.25) is 0 Å². The first-order chi connectivity index (χ1) is 9.29. The first-order valence-corrected chi connectivity index (χ1v) is 6.37. The molecule has 1 aromatic heterocycles. The molecule has 0 aliphatic carbocycles. The molecule has 0 saturated heterocycles. The van der Waals surface area contributed by atoms with E-state index in [1.54, 1.807) is 0 Å². The number of benzene rings is 1. The van der Waals surface area contributed by atoms with Crippen molar-refractivity contribution >= 4 is 39.1 Å². The third-order valence-corrected chi connectivity index (χ3v) is 3.33. The minimum Gasteiger partial charge on any atom is -0.457 e. The summed E-state index contributed by atoms with van der Waals surface area (Å²) in [5.74, 6) is -0.549. The molecule has 0 unspecified atom stereocenters. The molecule has 0 radical (unpaired) electrons. The number of hydrogen-bond donors (Lipinski definition) is 1. The second-order valence-corrected chi connectivity index (χ2v) is 4.88. The van der Waals surface area contributed by atoms with Crippen molar-refractivity contribution < 1.29 is 22.4 Å². The van der Waals surface area contributed by atoms with E-state index < -0.39 is 17.6 Å². The van der Waals surface area contributed by atoms with Crippen LogP contribution in [0.2, 0.25) is 5.02 Å². The zero-order valence-corrected chi connectivity index (χ0v) is 11.9. The van der Waals surface area contributed by atoms with Crippen molar-refractivity contribution in [3.63, 3.8) is 0 Å². The average Bonchev–Trinajstić information content (AvgIpc) is 2.76. The van der Waals surface area contributed by atoms with E-state index in [1.807, 2.05) is 0 Å². The molecule has 0 spiro atoms. The number of anilines is 1. The van der Waals surface area contributed by atoms with Gasteiger partial charge in [-0.1, -0.05) is 11.6 Å². The van der Waals surface area contributed by atoms with Crippen molar-refractivity contribution in [2.45, 2.75) is 6.18 Å². The lowest BCUT2D eigenvalue weighted by Gasteiger charge is -2.10. The Bertz CT molecular complexity index is 654. The molecule has 1 heterocycles. The zero-order valence-electron chi connectivity index (χ0n) is 9.59. The van der Waals surface area contributed by atoms with Crippen LogP contribution in [0.3, 0.4) is 0 Å². The third kappa shape index (κ3) is 3.16. The number of hydrogen-bond acceptors (Lipinski definition) is 2. The maximum absolute atomic E-state index is 12.5. The van der Waals surface area contributed by atoms with Gasteiger partial charge in [-0.2, -0.15) is 13.2 Å². The first kappa shape index (κ1) is 14.9. The Hall–Kier alpha value is -1.47. The number of carbonyl (C=O) groups is 1. The van der Waals surface area contributed by atoms with Crippen molar-refractivity contribution in [2.24, 2.45) is 0 Å². The highest BCUT2D eigenvalue weighted by Gasteiger charge is 2.31. The van der Waals surface area contributed by atoms with Gasteiger partial charge in [-0.25, -0.2) is 0 Å². The summed E-state index contributed by atoms with van der Waals surface area (Å²) in [5, 5.41) is 2.20. The number of furan rings is 1. The van der Waals surface area contributed by atoms with Gasteiger partial charge < -0.3 is 9.73 Å². The summed E-state index contributed by atoms with van der Waals surface area (Å²) in [5.41, 5.74) is -0.594. The summed E-state index contributed by atoms with van der Waals surface area (Å²) in [6, 6.07) is 4.10. The molecular weight excluding hydrogens is 362 g/mol. The molecule has 2 rings (SSSR count). The molecule has 1 N–H and O–H groups in total. The van der Waals surface area contributed by atoms with Gasteiger partial charge in [-0.3, -0.25) is 4.79 Å². The minimum absolute atomic E-state index is 0.0813. The van der Waals surface area contributed by atoms with E-state index in [9.17, 15) is 18.0 Å². The quantitative estimate of drug-likeness (QED) is 0.813. The Balaban J connectivity index is 2.23. The largest absolute Gasteiger partial charge is 0.457 e. The van der Waals surface area contributed by atoms with Crippen LogP contribution in [0.5, 0.6) is 0 Å². The topological polar surface area (TPSA) is 42.2 Å². The van der Waals surface area contributed by atoms with Crippen LogP contribution < -0.4 is 5.32 Å². The maximum atomic E-state index is 12.5. The van der Waals surface area contributed by atoms with Gasteiger partial charge in [-0.15, -0.1) is 0 Å². The Labute approximate surface area is 124 Å². The molecule has 1 aromatic carbocycles. The predicted molar refractivity (Wildman–Crippen MR) is 70.8 cm³/mol. The summed E-state index contributed by atoms with van der Waals surface area (Å²) in [4.78, 5) is 11.8. The van der Waals surface area contributed by atoms with Crippen LogP contribution in [0.15, 0.2) is 39.6 Å². The van der Waals surface area contributed by atoms with E-state index in [-0.39, 0.29) is 20.9 Å². The summed E-state index contributed by atoms with van der Waals surface area (Å²) in [6.07, 6.45) is -3.19. The predicted octanol–water partition coefficient (Wildman–Crippen LogP) is 4.97. The summed E-state index contributed by atoms with van der Waals surface area (Å²) in [6.45, 7) is 0. The molecule has 106 valence electrons. The smallest absolute Gasteiger partial charge is 0.416 e. The summed E-state index contributed by atoms with van der Waals surface area (Å²) < 4.78 is 42.5. The van der Waals surface area contributed by atoms with Gasteiger partial charge in [0.1, 0.15) is 0 Å². The minimum atomic E-state index is -4.49. The van der Waals surface area contributed by atoms with Crippen LogP contribution in [0.25, 0.3) is 0 Å². The normalized spacial score (nSPS) is 11.4. The van der Waals surface area contributed by atoms with Crippen LogP contribution in [0.4, 0.5) is 18.9 Å². The van der Waals surface area contributed by atoms with E-state index in [2.05, 4.69) is 21.2 Å². The van der Waals surface area contributed by atoms with E-state index in [1.165, 1.54) is 12.3 Å². The number of amides is 1. The lowest BCUT2D eigenvalue weighted by Crippen LogP contribution is -2.12. The molecule has 8 heteroatoms. The lowest BCUT2D eigenvalue weighted by atomic mass is 10.2. The third-order valence-electron chi connectivity index (χ3n) is 2.41. The fourth-order valence-electron chi connectivity index (χ4n) is 1.44. The molecule has 3 nitrogen and oxygen atoms in total. The first-order valence-electron chi connectivity index (χ1n) is 5.20. The Morgan fingerprint density at radius 1 is 1.30 bits per heavy atom. The highest BCUT2D eigenvalue weighted by atomic mass is 79.9. The fraction of sp³-hybridized carbons (Fsp3) is 0.0833. The Kier molecular flexibility index (Phi) is 4.10. The number of nitrogens with one attached hydrogen (secondary N) is 1. The van der Waals surface area contributed by atoms with Gasteiger partial charge in [0.25, 0.3) is 5.91 Å². The fourth-order valence-corrected chi connectivity index (χ4v) is 2.09. The standard InChI is InChI=1S/C12H6BrClF3NO2/c13-10-7(3-4-20-10)11(19)18-9-2-1-6(5-8(9)14)12(15,16)17/h1-5H,(H,18,19). The van der Waals surface area contributed by atoms with Gasteiger partial charge in [0, 0.05) is 0 Å². The van der Waals surface area contributed by atoms with Gasteiger partial charge in [-0.05, 0) is 40.2 Å². The van der Waals surface area contributed by atoms with Crippen molar-refractivity contribution in [3.8, 4) is 0 Å². The van der Waals surface area contributed by atoms with E-state index in [4.69, 9.17) is 16.0 Å². The second kappa shape index (κ2) is 5.49. The van der Waals surface area contributed by atoms with Crippen LogP contribution in [-0.2, 0) is 6.18 Å². The maximum Gasteiger partial charge on any atom is 0.416 e. The van der Waals surface area contributed by atoms with Crippen molar-refractivity contribution in [3.05, 3.63) is 51.3 Å². The summed E-state index contributed by atoms with van der Waals surface area (Å²) >= 11 is 8.76. The van der Waals surface area contributed by atoms with Gasteiger partial charge in [0.15, 0.2) is 4.67 Å². The van der Waals surface area contributed by atoms with Gasteiger partial charge in [0.05, 0.1) is 28.1 Å². The van der Waals surface area contributed by atoms with Crippen molar-refractivity contribution in [1.82, 2.24) is 0 Å².